The largest absolute Gasteiger partial charge is 0.358 e. The van der Waals surface area contributed by atoms with E-state index in [-0.39, 0.29) is 91.7 Å². The summed E-state index contributed by atoms with van der Waals surface area (Å²) in [6.07, 6.45) is 4.84. The van der Waals surface area contributed by atoms with E-state index < -0.39 is 0 Å². The van der Waals surface area contributed by atoms with E-state index >= 15 is 0 Å². The minimum atomic E-state index is 0. The number of rotatable bonds is 3. The standard InChI is InChI=1S/C7H15.CH3.4W/c1-4-5-6-7(2)3;;;;;/h4,7H,5-6H2,1-3H3;1H3;;;;/q2*-1;;;;. The van der Waals surface area contributed by atoms with Gasteiger partial charge in [0.05, 0.1) is 0 Å². The molecule has 0 heterocycles. The van der Waals surface area contributed by atoms with Crippen LogP contribution in [0.15, 0.2) is 0 Å². The Morgan fingerprint density at radius 3 is 1.42 bits per heavy atom. The Morgan fingerprint density at radius 2 is 1.33 bits per heavy atom. The Hall–Kier alpha value is 2.75. The van der Waals surface area contributed by atoms with Gasteiger partial charge in [-0.3, -0.25) is 0 Å². The van der Waals surface area contributed by atoms with Crippen molar-refractivity contribution in [2.24, 2.45) is 5.92 Å². The summed E-state index contributed by atoms with van der Waals surface area (Å²) >= 11 is 0. The van der Waals surface area contributed by atoms with E-state index in [0.29, 0.717) is 0 Å². The van der Waals surface area contributed by atoms with Crippen LogP contribution in [0.5, 0.6) is 0 Å². The third kappa shape index (κ3) is 38.6. The zero-order chi connectivity index (χ0) is 5.70. The maximum atomic E-state index is 2.25. The zero-order valence-corrected chi connectivity index (χ0v) is 19.9. The molecule has 0 rings (SSSR count). The molecule has 0 aliphatic heterocycles. The molecule has 0 amide bonds. The summed E-state index contributed by atoms with van der Waals surface area (Å²) in [5.74, 6) is 0.871. The van der Waals surface area contributed by atoms with Gasteiger partial charge in [0.2, 0.25) is 0 Å². The first-order chi connectivity index (χ1) is 3.27. The molecule has 0 bridgehead atoms. The fraction of sp³-hybridized carbons (Fsp3) is 0.750. The van der Waals surface area contributed by atoms with Crippen LogP contribution in [0.2, 0.25) is 0 Å². The first-order valence-corrected chi connectivity index (χ1v) is 3.05. The van der Waals surface area contributed by atoms with E-state index in [4.69, 9.17) is 0 Å². The Bertz CT molecular complexity index is 40.0. The molecule has 0 unspecified atom stereocenters. The zero-order valence-electron chi connectivity index (χ0n) is 8.20. The van der Waals surface area contributed by atoms with E-state index in [9.17, 15) is 0 Å². The van der Waals surface area contributed by atoms with Crippen LogP contribution >= 0.6 is 0 Å². The van der Waals surface area contributed by atoms with Gasteiger partial charge >= 0.3 is 0 Å². The Kier molecular flexibility index (Phi) is 88.6. The van der Waals surface area contributed by atoms with Gasteiger partial charge in [-0.05, 0) is 5.92 Å². The molecule has 12 heavy (non-hydrogen) atoms. The van der Waals surface area contributed by atoms with E-state index in [1.807, 2.05) is 0 Å². The molecular formula is C8H18W4-2. The van der Waals surface area contributed by atoms with E-state index in [1.54, 1.807) is 0 Å². The van der Waals surface area contributed by atoms with Crippen molar-refractivity contribution in [1.82, 2.24) is 0 Å². The number of unbranched alkanes of at least 4 members (excludes halogenated alkanes) is 1. The number of hydrogen-bond donors (Lipinski definition) is 0. The average Bonchev–Trinajstić information content (AvgIpc) is 1.61. The van der Waals surface area contributed by atoms with E-state index in [2.05, 4.69) is 27.2 Å². The van der Waals surface area contributed by atoms with Gasteiger partial charge < -0.3 is 13.8 Å². The molecule has 0 aliphatic rings. The van der Waals surface area contributed by atoms with Gasteiger partial charge in [0.1, 0.15) is 0 Å². The molecule has 4 heteroatoms. The van der Waals surface area contributed by atoms with Crippen molar-refractivity contribution < 1.29 is 84.3 Å². The summed E-state index contributed by atoms with van der Waals surface area (Å²) in [7, 11) is 0. The normalized spacial score (nSPS) is 6.00. The second-order valence-electron chi connectivity index (χ2n) is 2.38. The molecule has 0 N–H and O–H groups in total. The minimum absolute atomic E-state index is 0. The van der Waals surface area contributed by atoms with Crippen molar-refractivity contribution in [3.63, 3.8) is 0 Å². The van der Waals surface area contributed by atoms with Gasteiger partial charge in [0.25, 0.3) is 0 Å². The summed E-state index contributed by atoms with van der Waals surface area (Å²) in [4.78, 5) is 0. The SMILES string of the molecule is C[CH-]CCC(C)C.[CH3-].[W].[W].[W].[W]. The van der Waals surface area contributed by atoms with Crippen molar-refractivity contribution in [2.45, 2.75) is 33.6 Å². The Balaban J connectivity index is -0.0000000180. The molecule has 0 saturated heterocycles. The molecule has 0 aromatic carbocycles. The molecule has 0 saturated carbocycles. The second kappa shape index (κ2) is 29.2. The van der Waals surface area contributed by atoms with Crippen molar-refractivity contribution in [1.29, 1.82) is 0 Å². The van der Waals surface area contributed by atoms with Gasteiger partial charge in [0, 0.05) is 84.3 Å². The molecule has 0 spiro atoms. The Morgan fingerprint density at radius 1 is 1.00 bits per heavy atom. The molecule has 0 aliphatic carbocycles. The van der Waals surface area contributed by atoms with Crippen LogP contribution < -0.4 is 0 Å². The fourth-order valence-corrected chi connectivity index (χ4v) is 0.500. The maximum absolute atomic E-state index is 2.25. The molecule has 0 radical (unpaired) electrons. The van der Waals surface area contributed by atoms with Crippen molar-refractivity contribution in [2.75, 3.05) is 0 Å². The van der Waals surface area contributed by atoms with Gasteiger partial charge in [-0.2, -0.15) is 13.3 Å². The molecule has 76 valence electrons. The maximum Gasteiger partial charge on any atom is 0 e. The summed E-state index contributed by atoms with van der Waals surface area (Å²) in [5.41, 5.74) is 0. The van der Waals surface area contributed by atoms with Crippen LogP contribution in [-0.4, -0.2) is 0 Å². The third-order valence-electron chi connectivity index (χ3n) is 1.03. The predicted molar refractivity (Wildman–Crippen MR) is 40.5 cm³/mol. The average molecular weight is 850 g/mol. The summed E-state index contributed by atoms with van der Waals surface area (Å²) in [6, 6.07) is 0. The molecule has 0 aromatic rings. The summed E-state index contributed by atoms with van der Waals surface area (Å²) < 4.78 is 0. The topological polar surface area (TPSA) is 0 Å². The summed E-state index contributed by atoms with van der Waals surface area (Å²) in [5, 5.41) is 0. The third-order valence-corrected chi connectivity index (χ3v) is 1.03. The predicted octanol–water partition coefficient (Wildman–Crippen LogP) is 3.09. The van der Waals surface area contributed by atoms with Crippen LogP contribution in [0.4, 0.5) is 0 Å². The fourth-order valence-electron chi connectivity index (χ4n) is 0.500. The van der Waals surface area contributed by atoms with Crippen LogP contribution in [0.1, 0.15) is 33.6 Å². The van der Waals surface area contributed by atoms with Crippen molar-refractivity contribution in [3.8, 4) is 0 Å². The smallest absolute Gasteiger partial charge is 0 e. The molecule has 0 atom stereocenters. The van der Waals surface area contributed by atoms with Crippen LogP contribution in [0, 0.1) is 19.8 Å². The second-order valence-corrected chi connectivity index (χ2v) is 2.38. The van der Waals surface area contributed by atoms with E-state index in [0.717, 1.165) is 5.92 Å². The first kappa shape index (κ1) is 36.4. The quantitative estimate of drug-likeness (QED) is 0.384. The molecule has 0 aromatic heterocycles. The van der Waals surface area contributed by atoms with Gasteiger partial charge in [-0.15, -0.1) is 0 Å². The monoisotopic (exact) mass is 850 g/mol. The summed E-state index contributed by atoms with van der Waals surface area (Å²) in [6.45, 7) is 6.62. The molecule has 0 nitrogen and oxygen atoms in total. The van der Waals surface area contributed by atoms with Gasteiger partial charge in [-0.25, -0.2) is 0 Å². The molecule has 0 fully saturated rings. The van der Waals surface area contributed by atoms with Gasteiger partial charge in [0.15, 0.2) is 0 Å². The van der Waals surface area contributed by atoms with Crippen LogP contribution in [0.3, 0.4) is 0 Å². The number of hydrogen-bond acceptors (Lipinski definition) is 0. The molecular weight excluding hydrogens is 831 g/mol. The van der Waals surface area contributed by atoms with E-state index in [1.165, 1.54) is 12.8 Å². The van der Waals surface area contributed by atoms with Crippen molar-refractivity contribution in [3.05, 3.63) is 13.8 Å². The van der Waals surface area contributed by atoms with Crippen LogP contribution in [0.25, 0.3) is 0 Å². The van der Waals surface area contributed by atoms with Gasteiger partial charge in [-0.1, -0.05) is 20.3 Å². The Labute approximate surface area is 136 Å². The van der Waals surface area contributed by atoms with Crippen LogP contribution in [-0.2, 0) is 84.3 Å². The van der Waals surface area contributed by atoms with Crippen molar-refractivity contribution >= 4 is 0 Å². The minimum Gasteiger partial charge on any atom is -0.358 e. The first-order valence-electron chi connectivity index (χ1n) is 3.05.